The maximum absolute atomic E-state index is 14.0. The number of carboxylic acid groups (broad SMARTS) is 1. The van der Waals surface area contributed by atoms with Crippen molar-refractivity contribution in [2.45, 2.75) is 25.2 Å². The maximum Gasteiger partial charge on any atom is 0.321 e. The smallest absolute Gasteiger partial charge is 0.321 e. The van der Waals surface area contributed by atoms with Gasteiger partial charge < -0.3 is 5.11 Å². The summed E-state index contributed by atoms with van der Waals surface area (Å²) >= 11 is 11.9. The molecule has 0 radical (unpaired) electrons. The molecule has 34 heavy (non-hydrogen) atoms. The van der Waals surface area contributed by atoms with Gasteiger partial charge in [-0.05, 0) is 11.6 Å². The Morgan fingerprint density at radius 3 is 2.21 bits per heavy atom. The van der Waals surface area contributed by atoms with Gasteiger partial charge in [0.2, 0.25) is 5.82 Å². The van der Waals surface area contributed by atoms with Gasteiger partial charge in [0.25, 0.3) is 5.91 Å². The van der Waals surface area contributed by atoms with Gasteiger partial charge in [-0.25, -0.2) is 26.7 Å². The van der Waals surface area contributed by atoms with Crippen LogP contribution in [0.25, 0.3) is 0 Å². The molecule has 0 aromatic heterocycles. The number of aliphatic carboxylic acids is 1. The van der Waals surface area contributed by atoms with E-state index in [9.17, 15) is 45.1 Å². The predicted molar refractivity (Wildman–Crippen MR) is 107 cm³/mol. The second kappa shape index (κ2) is 9.62. The summed E-state index contributed by atoms with van der Waals surface area (Å²) in [6.07, 6.45) is -3.26. The summed E-state index contributed by atoms with van der Waals surface area (Å²) in [5.41, 5.74) is -1.35. The highest BCUT2D eigenvalue weighted by atomic mass is 35.5. The average molecular weight is 548 g/mol. The highest BCUT2D eigenvalue weighted by molar-refractivity contribution is 7.88. The molecular weight excluding hydrogens is 536 g/mol. The van der Waals surface area contributed by atoms with Crippen LogP contribution in [0.15, 0.2) is 18.2 Å². The summed E-state index contributed by atoms with van der Waals surface area (Å²) in [7, 11) is -4.53. The summed E-state index contributed by atoms with van der Waals surface area (Å²) < 4.78 is 95.2. The molecule has 2 aromatic carbocycles. The molecule has 0 aliphatic carbocycles. The first-order chi connectivity index (χ1) is 15.8. The number of hydrogen-bond donors (Lipinski definition) is 3. The Morgan fingerprint density at radius 2 is 1.65 bits per heavy atom. The van der Waals surface area contributed by atoms with Gasteiger partial charge in [0.15, 0.2) is 29.4 Å². The number of carbonyl (C=O) groups is 2. The van der Waals surface area contributed by atoms with Crippen molar-refractivity contribution in [2.24, 2.45) is 0 Å². The lowest BCUT2D eigenvalue weighted by Gasteiger charge is -2.25. The minimum absolute atomic E-state index is 0.0503. The monoisotopic (exact) mass is 547 g/mol. The summed E-state index contributed by atoms with van der Waals surface area (Å²) in [6.45, 7) is -0.590. The second-order valence-electron chi connectivity index (χ2n) is 6.94. The molecule has 3 N–H and O–H groups in total. The van der Waals surface area contributed by atoms with Crippen molar-refractivity contribution in [1.29, 1.82) is 0 Å². The largest absolute Gasteiger partial charge is 0.480 e. The number of nitrogens with one attached hydrogen (secondary N) is 2. The van der Waals surface area contributed by atoms with Crippen molar-refractivity contribution in [3.63, 3.8) is 0 Å². The van der Waals surface area contributed by atoms with E-state index in [0.717, 1.165) is 0 Å². The van der Waals surface area contributed by atoms with E-state index < -0.39 is 81.9 Å². The SMILES string of the molecule is O=C(O)[C@H](Cc1c(F)c(F)c(F)c(F)c1F)N[C@H]1C(=O)NS(=O)(=O)N1Cc1cccc(Cl)c1Cl. The lowest BCUT2D eigenvalue weighted by Crippen LogP contribution is -2.53. The number of carboxylic acids is 1. The number of nitrogens with zero attached hydrogens (tertiary/aromatic N) is 1. The topological polar surface area (TPSA) is 116 Å². The molecule has 0 bridgehead atoms. The molecule has 1 heterocycles. The van der Waals surface area contributed by atoms with E-state index >= 15 is 0 Å². The van der Waals surface area contributed by atoms with E-state index in [4.69, 9.17) is 23.2 Å². The molecule has 2 aromatic rings. The zero-order valence-electron chi connectivity index (χ0n) is 16.4. The van der Waals surface area contributed by atoms with Gasteiger partial charge in [-0.2, -0.15) is 12.7 Å². The fraction of sp³-hybridized carbons (Fsp3) is 0.222. The van der Waals surface area contributed by atoms with Gasteiger partial charge in [0, 0.05) is 18.5 Å². The molecule has 1 aliphatic rings. The molecule has 3 rings (SSSR count). The standard InChI is InChI=1S/C18H12Cl2F5N3O5S/c19-8-3-1-2-6(10(8)20)5-28-16(17(29)27-34(28,32)33)26-9(18(30)31)4-7-11(21)13(23)15(25)14(24)12(7)22/h1-3,9,16,26H,4-5H2,(H,27,29)(H,30,31)/t9-,16+/m0/s1. The van der Waals surface area contributed by atoms with Crippen LogP contribution in [0.3, 0.4) is 0 Å². The quantitative estimate of drug-likeness (QED) is 0.278. The molecule has 8 nitrogen and oxygen atoms in total. The molecule has 0 saturated carbocycles. The fourth-order valence-corrected chi connectivity index (χ4v) is 4.73. The van der Waals surface area contributed by atoms with Crippen molar-refractivity contribution in [3.05, 3.63) is 68.5 Å². The third kappa shape index (κ3) is 4.81. The third-order valence-electron chi connectivity index (χ3n) is 4.80. The number of benzene rings is 2. The van der Waals surface area contributed by atoms with Crippen LogP contribution in [0, 0.1) is 29.1 Å². The minimum Gasteiger partial charge on any atom is -0.480 e. The molecule has 184 valence electrons. The number of halogens is 7. The van der Waals surface area contributed by atoms with Gasteiger partial charge in [-0.15, -0.1) is 0 Å². The zero-order valence-corrected chi connectivity index (χ0v) is 18.7. The van der Waals surface area contributed by atoms with Gasteiger partial charge >= 0.3 is 16.2 Å². The Morgan fingerprint density at radius 1 is 1.09 bits per heavy atom. The molecule has 0 spiro atoms. The van der Waals surface area contributed by atoms with Crippen LogP contribution < -0.4 is 10.0 Å². The van der Waals surface area contributed by atoms with Crippen LogP contribution in [-0.4, -0.2) is 41.9 Å². The second-order valence-corrected chi connectivity index (χ2v) is 9.35. The third-order valence-corrected chi connectivity index (χ3v) is 7.07. The Bertz CT molecular complexity index is 1270. The molecule has 1 amide bonds. The van der Waals surface area contributed by atoms with Crippen LogP contribution >= 0.6 is 23.2 Å². The lowest BCUT2D eigenvalue weighted by molar-refractivity contribution is -0.140. The number of carbonyl (C=O) groups excluding carboxylic acids is 1. The molecule has 1 saturated heterocycles. The van der Waals surface area contributed by atoms with E-state index in [1.807, 2.05) is 0 Å². The normalized spacial score (nSPS) is 18.7. The van der Waals surface area contributed by atoms with Gasteiger partial charge in [0.05, 0.1) is 10.0 Å². The first-order valence-corrected chi connectivity index (χ1v) is 11.2. The van der Waals surface area contributed by atoms with Crippen LogP contribution in [0.4, 0.5) is 22.0 Å². The Balaban J connectivity index is 1.96. The molecule has 0 unspecified atom stereocenters. The van der Waals surface area contributed by atoms with E-state index in [2.05, 4.69) is 5.32 Å². The van der Waals surface area contributed by atoms with Crippen molar-refractivity contribution < 1.29 is 45.1 Å². The molecular formula is C18H12Cl2F5N3O5S. The van der Waals surface area contributed by atoms with Crippen molar-refractivity contribution in [2.75, 3.05) is 0 Å². The van der Waals surface area contributed by atoms with Gasteiger partial charge in [-0.1, -0.05) is 35.3 Å². The summed E-state index contributed by atoms with van der Waals surface area (Å²) in [6, 6.07) is 2.03. The van der Waals surface area contributed by atoms with Crippen LogP contribution in [0.2, 0.25) is 10.0 Å². The van der Waals surface area contributed by atoms with E-state index in [0.29, 0.717) is 4.31 Å². The Kier molecular flexibility index (Phi) is 7.38. The molecule has 1 aliphatic heterocycles. The van der Waals surface area contributed by atoms with Gasteiger partial charge in [0.1, 0.15) is 6.04 Å². The number of rotatable bonds is 7. The predicted octanol–water partition coefficient (Wildman–Crippen LogP) is 2.48. The first kappa shape index (κ1) is 26.1. The maximum atomic E-state index is 14.0. The highest BCUT2D eigenvalue weighted by Crippen LogP contribution is 2.29. The highest BCUT2D eigenvalue weighted by Gasteiger charge is 2.46. The number of amides is 1. The Hall–Kier alpha value is -2.52. The summed E-state index contributed by atoms with van der Waals surface area (Å²) in [5, 5.41) is 11.5. The van der Waals surface area contributed by atoms with Gasteiger partial charge in [-0.3, -0.25) is 14.9 Å². The Labute approximate surface area is 198 Å². The van der Waals surface area contributed by atoms with Crippen molar-refractivity contribution in [3.8, 4) is 0 Å². The van der Waals surface area contributed by atoms with Crippen LogP contribution in [0.5, 0.6) is 0 Å². The fourth-order valence-electron chi connectivity index (χ4n) is 3.13. The van der Waals surface area contributed by atoms with E-state index in [-0.39, 0.29) is 15.6 Å². The average Bonchev–Trinajstić information content (AvgIpc) is 2.97. The van der Waals surface area contributed by atoms with Crippen LogP contribution in [-0.2, 0) is 32.8 Å². The summed E-state index contributed by atoms with van der Waals surface area (Å²) in [5.74, 6) is -14.7. The molecule has 1 fully saturated rings. The van der Waals surface area contributed by atoms with Crippen molar-refractivity contribution in [1.82, 2.24) is 14.3 Å². The lowest BCUT2D eigenvalue weighted by atomic mass is 10.0. The zero-order chi connectivity index (χ0) is 25.5. The first-order valence-electron chi connectivity index (χ1n) is 9.01. The van der Waals surface area contributed by atoms with E-state index in [1.165, 1.54) is 18.2 Å². The van der Waals surface area contributed by atoms with Crippen molar-refractivity contribution >= 4 is 45.3 Å². The number of hydrogen-bond acceptors (Lipinski definition) is 5. The summed E-state index contributed by atoms with van der Waals surface area (Å²) in [4.78, 5) is 24.0. The molecule has 2 atom stereocenters. The van der Waals surface area contributed by atoms with Crippen LogP contribution in [0.1, 0.15) is 11.1 Å². The van der Waals surface area contributed by atoms with E-state index in [1.54, 1.807) is 4.72 Å². The molecule has 16 heteroatoms. The minimum atomic E-state index is -4.53.